The molecule has 158 valence electrons. The molecule has 0 fully saturated rings. The Morgan fingerprint density at radius 1 is 1.30 bits per heavy atom. The highest BCUT2D eigenvalue weighted by molar-refractivity contribution is 5.89. The number of amidine groups is 1. The molecule has 30 heavy (non-hydrogen) atoms. The van der Waals surface area contributed by atoms with Crippen molar-refractivity contribution in [2.45, 2.75) is 13.3 Å². The summed E-state index contributed by atoms with van der Waals surface area (Å²) in [6.45, 7) is 2.52. The number of nitrogen functional groups attached to an aromatic ring is 1. The Balaban J connectivity index is 1.66. The first-order chi connectivity index (χ1) is 14.4. The third kappa shape index (κ3) is 4.91. The second-order valence-corrected chi connectivity index (χ2v) is 6.35. The van der Waals surface area contributed by atoms with Crippen LogP contribution in [0.25, 0.3) is 16.8 Å². The number of carbonyl (C=O) groups is 1. The molecule has 3 heterocycles. The number of amides is 2. The van der Waals surface area contributed by atoms with Gasteiger partial charge in [-0.25, -0.2) is 25.7 Å². The van der Waals surface area contributed by atoms with Gasteiger partial charge in [0.2, 0.25) is 5.95 Å². The molecule has 0 aliphatic carbocycles. The minimum absolute atomic E-state index is 0.194. The predicted octanol–water partition coefficient (Wildman–Crippen LogP) is 1.10. The van der Waals surface area contributed by atoms with Crippen LogP contribution in [0.4, 0.5) is 20.8 Å². The van der Waals surface area contributed by atoms with Crippen LogP contribution in [0.2, 0.25) is 0 Å². The van der Waals surface area contributed by atoms with E-state index < -0.39 is 12.0 Å². The minimum atomic E-state index is -0.701. The number of urea groups is 1. The molecule has 11 nitrogen and oxygen atoms in total. The SMILES string of the molecule is CCN(N)/N=C(\N)CCNC(=O)Nc1nc2ccc(-c3ccc(N)nc3)cn2c1F. The Morgan fingerprint density at radius 2 is 2.07 bits per heavy atom. The number of rotatable bonds is 7. The van der Waals surface area contributed by atoms with Gasteiger partial charge in [-0.2, -0.15) is 4.39 Å². The van der Waals surface area contributed by atoms with Crippen molar-refractivity contribution >= 4 is 29.1 Å². The number of fused-ring (bicyclic) bond motifs is 1. The zero-order valence-electron chi connectivity index (χ0n) is 16.3. The average molecular weight is 414 g/mol. The molecular formula is C18H23FN10O. The van der Waals surface area contributed by atoms with E-state index in [-0.39, 0.29) is 24.6 Å². The molecule has 0 radical (unpaired) electrons. The number of imidazole rings is 1. The molecule has 0 saturated carbocycles. The maximum absolute atomic E-state index is 14.7. The molecule has 0 aliphatic rings. The van der Waals surface area contributed by atoms with Crippen LogP contribution in [0, 0.1) is 5.95 Å². The van der Waals surface area contributed by atoms with Crippen LogP contribution >= 0.6 is 0 Å². The van der Waals surface area contributed by atoms with E-state index in [9.17, 15) is 9.18 Å². The monoisotopic (exact) mass is 414 g/mol. The van der Waals surface area contributed by atoms with E-state index in [1.54, 1.807) is 36.7 Å². The smallest absolute Gasteiger partial charge is 0.320 e. The summed E-state index contributed by atoms with van der Waals surface area (Å²) in [4.78, 5) is 20.2. The third-order valence-electron chi connectivity index (χ3n) is 4.16. The van der Waals surface area contributed by atoms with Gasteiger partial charge in [-0.1, -0.05) is 0 Å². The van der Waals surface area contributed by atoms with E-state index in [0.29, 0.717) is 18.0 Å². The van der Waals surface area contributed by atoms with Crippen LogP contribution in [0.1, 0.15) is 13.3 Å². The number of pyridine rings is 2. The van der Waals surface area contributed by atoms with Crippen molar-refractivity contribution in [2.24, 2.45) is 16.7 Å². The Morgan fingerprint density at radius 3 is 2.77 bits per heavy atom. The first-order valence-electron chi connectivity index (χ1n) is 9.17. The molecular weight excluding hydrogens is 391 g/mol. The van der Waals surface area contributed by atoms with Gasteiger partial charge in [0.05, 0.1) is 6.54 Å². The van der Waals surface area contributed by atoms with Crippen molar-refractivity contribution in [2.75, 3.05) is 24.1 Å². The molecule has 0 unspecified atom stereocenters. The number of hydrogen-bond donors (Lipinski definition) is 5. The van der Waals surface area contributed by atoms with E-state index in [1.165, 1.54) is 9.52 Å². The van der Waals surface area contributed by atoms with Crippen LogP contribution in [-0.4, -0.2) is 44.4 Å². The molecule has 3 aromatic rings. The quantitative estimate of drug-likeness (QED) is 0.167. The van der Waals surface area contributed by atoms with Crippen molar-refractivity contribution < 1.29 is 9.18 Å². The molecule has 2 amide bonds. The lowest BCUT2D eigenvalue weighted by Gasteiger charge is -2.10. The van der Waals surface area contributed by atoms with Crippen molar-refractivity contribution in [3.8, 4) is 11.1 Å². The summed E-state index contributed by atoms with van der Waals surface area (Å²) >= 11 is 0. The van der Waals surface area contributed by atoms with Gasteiger partial charge in [0.15, 0.2) is 5.82 Å². The number of hydrogen-bond acceptors (Lipinski definition) is 7. The third-order valence-corrected chi connectivity index (χ3v) is 4.16. The Labute approximate surface area is 171 Å². The summed E-state index contributed by atoms with van der Waals surface area (Å²) in [5.41, 5.74) is 13.1. The van der Waals surface area contributed by atoms with Gasteiger partial charge < -0.3 is 16.8 Å². The molecule has 8 N–H and O–H groups in total. The second kappa shape index (κ2) is 9.05. The summed E-state index contributed by atoms with van der Waals surface area (Å²) < 4.78 is 16.0. The van der Waals surface area contributed by atoms with Crippen LogP contribution < -0.4 is 27.9 Å². The number of anilines is 2. The number of halogens is 1. The Hall–Kier alpha value is -3.93. The lowest BCUT2D eigenvalue weighted by atomic mass is 10.1. The summed E-state index contributed by atoms with van der Waals surface area (Å²) in [5, 5.41) is 10.0. The molecule has 0 atom stereocenters. The van der Waals surface area contributed by atoms with Gasteiger partial charge >= 0.3 is 6.03 Å². The highest BCUT2D eigenvalue weighted by Crippen LogP contribution is 2.23. The van der Waals surface area contributed by atoms with Crippen molar-refractivity contribution in [3.63, 3.8) is 0 Å². The zero-order valence-corrected chi connectivity index (χ0v) is 16.3. The topological polar surface area (TPSA) is 165 Å². The van der Waals surface area contributed by atoms with Gasteiger partial charge in [-0.3, -0.25) is 9.72 Å². The molecule has 0 saturated heterocycles. The van der Waals surface area contributed by atoms with Gasteiger partial charge in [0, 0.05) is 36.5 Å². The number of nitrogens with two attached hydrogens (primary N) is 3. The number of aromatic nitrogens is 3. The maximum atomic E-state index is 14.7. The Bertz CT molecular complexity index is 1060. The van der Waals surface area contributed by atoms with Gasteiger partial charge in [-0.15, -0.1) is 5.10 Å². The number of nitrogens with one attached hydrogen (secondary N) is 2. The normalized spacial score (nSPS) is 11.5. The lowest BCUT2D eigenvalue weighted by Crippen LogP contribution is -2.34. The van der Waals surface area contributed by atoms with Gasteiger partial charge in [-0.05, 0) is 31.2 Å². The largest absolute Gasteiger partial charge is 0.386 e. The number of hydrazone groups is 1. The second-order valence-electron chi connectivity index (χ2n) is 6.35. The summed E-state index contributed by atoms with van der Waals surface area (Å²) in [6.07, 6.45) is 3.45. The maximum Gasteiger partial charge on any atom is 0.320 e. The van der Waals surface area contributed by atoms with E-state index in [2.05, 4.69) is 25.7 Å². The van der Waals surface area contributed by atoms with Gasteiger partial charge in [0.25, 0.3) is 0 Å². The summed E-state index contributed by atoms with van der Waals surface area (Å²) in [7, 11) is 0. The van der Waals surface area contributed by atoms with Crippen LogP contribution in [-0.2, 0) is 0 Å². The number of carbonyl (C=O) groups excluding carboxylic acids is 1. The lowest BCUT2D eigenvalue weighted by molar-refractivity contribution is 0.252. The van der Waals surface area contributed by atoms with E-state index in [1.807, 2.05) is 6.92 Å². The molecule has 12 heteroatoms. The van der Waals surface area contributed by atoms with Crippen molar-refractivity contribution in [1.29, 1.82) is 0 Å². The fourth-order valence-electron chi connectivity index (χ4n) is 2.58. The van der Waals surface area contributed by atoms with E-state index in [0.717, 1.165) is 11.1 Å². The van der Waals surface area contributed by atoms with Crippen LogP contribution in [0.5, 0.6) is 0 Å². The van der Waals surface area contributed by atoms with E-state index in [4.69, 9.17) is 17.3 Å². The zero-order chi connectivity index (χ0) is 21.7. The Kier molecular flexibility index (Phi) is 6.27. The molecule has 3 rings (SSSR count). The molecule has 0 aliphatic heterocycles. The molecule has 0 aromatic carbocycles. The van der Waals surface area contributed by atoms with Crippen LogP contribution in [0.15, 0.2) is 41.8 Å². The fourth-order valence-corrected chi connectivity index (χ4v) is 2.58. The van der Waals surface area contributed by atoms with Gasteiger partial charge in [0.1, 0.15) is 17.3 Å². The number of nitrogens with zero attached hydrogens (tertiary/aromatic N) is 5. The highest BCUT2D eigenvalue weighted by atomic mass is 19.1. The van der Waals surface area contributed by atoms with Crippen molar-refractivity contribution in [3.05, 3.63) is 42.6 Å². The highest BCUT2D eigenvalue weighted by Gasteiger charge is 2.15. The average Bonchev–Trinajstić information content (AvgIpc) is 3.03. The minimum Gasteiger partial charge on any atom is -0.386 e. The van der Waals surface area contributed by atoms with Crippen LogP contribution in [0.3, 0.4) is 0 Å². The van der Waals surface area contributed by atoms with Crippen molar-refractivity contribution in [1.82, 2.24) is 24.8 Å². The molecule has 0 spiro atoms. The fraction of sp³-hybridized carbons (Fsp3) is 0.222. The molecule has 3 aromatic heterocycles. The first kappa shape index (κ1) is 20.8. The summed E-state index contributed by atoms with van der Waals surface area (Å²) in [5.74, 6) is 5.29. The molecule has 0 bridgehead atoms. The summed E-state index contributed by atoms with van der Waals surface area (Å²) in [6, 6.07) is 6.24. The standard InChI is InChI=1S/C18H23FN10O/c1-2-29(22)27-14(21)7-8-23-18(30)26-17-16(19)28-10-12(4-6-15(28)25-17)11-3-5-13(20)24-9-11/h3-6,9-10H,2,7-8,22H2,1H3,(H2,20,24)(H2,21,27)(H2,23,26,30). The van der Waals surface area contributed by atoms with E-state index >= 15 is 0 Å². The predicted molar refractivity (Wildman–Crippen MR) is 113 cm³/mol. The number of hydrazine groups is 1. The first-order valence-corrected chi connectivity index (χ1v) is 9.17.